The molecular weight excluding hydrogens is 194 g/mol. The topological polar surface area (TPSA) is 3.24 Å². The van der Waals surface area contributed by atoms with Crippen LogP contribution in [-0.4, -0.2) is 24.0 Å². The second-order valence-electron chi connectivity index (χ2n) is 7.04. The summed E-state index contributed by atoms with van der Waals surface area (Å²) in [5, 5.41) is 0. The smallest absolute Gasteiger partial charge is 0.0100 e. The zero-order valence-electron chi connectivity index (χ0n) is 11.6. The van der Waals surface area contributed by atoms with Crippen molar-refractivity contribution in [2.75, 3.05) is 13.1 Å². The summed E-state index contributed by atoms with van der Waals surface area (Å²) in [4.78, 5) is 2.79. The van der Waals surface area contributed by atoms with Gasteiger partial charge in [0.05, 0.1) is 0 Å². The molecule has 0 N–H and O–H groups in total. The molecule has 2 fully saturated rings. The van der Waals surface area contributed by atoms with Gasteiger partial charge in [0.1, 0.15) is 0 Å². The Balaban J connectivity index is 1.91. The highest BCUT2D eigenvalue weighted by atomic mass is 15.2. The molecule has 1 aliphatic heterocycles. The van der Waals surface area contributed by atoms with Crippen LogP contribution in [0.1, 0.15) is 59.8 Å². The van der Waals surface area contributed by atoms with Gasteiger partial charge in [-0.15, -0.1) is 0 Å². The minimum Gasteiger partial charge on any atom is -0.300 e. The van der Waals surface area contributed by atoms with Crippen LogP contribution < -0.4 is 0 Å². The molecule has 0 aromatic heterocycles. The predicted octanol–water partition coefficient (Wildman–Crippen LogP) is 3.93. The summed E-state index contributed by atoms with van der Waals surface area (Å²) in [6.45, 7) is 12.5. The first-order chi connectivity index (χ1) is 7.49. The maximum absolute atomic E-state index is 2.79. The molecule has 1 heterocycles. The van der Waals surface area contributed by atoms with E-state index in [0.717, 1.165) is 17.9 Å². The highest BCUT2D eigenvalue weighted by Crippen LogP contribution is 2.42. The monoisotopic (exact) mass is 223 g/mol. The van der Waals surface area contributed by atoms with Crippen LogP contribution >= 0.6 is 0 Å². The van der Waals surface area contributed by atoms with Crippen molar-refractivity contribution in [3.8, 4) is 0 Å². The molecule has 0 amide bonds. The third-order valence-electron chi connectivity index (χ3n) is 5.36. The first-order valence-electron chi connectivity index (χ1n) is 7.23. The van der Waals surface area contributed by atoms with E-state index in [-0.39, 0.29) is 0 Å². The summed E-state index contributed by atoms with van der Waals surface area (Å²) >= 11 is 0. The molecular formula is C15H29N. The van der Waals surface area contributed by atoms with E-state index in [1.165, 1.54) is 45.2 Å². The second-order valence-corrected chi connectivity index (χ2v) is 7.04. The van der Waals surface area contributed by atoms with Crippen molar-refractivity contribution in [1.29, 1.82) is 0 Å². The van der Waals surface area contributed by atoms with E-state index in [4.69, 9.17) is 0 Å². The molecule has 0 aromatic carbocycles. The quantitative estimate of drug-likeness (QED) is 0.651. The van der Waals surface area contributed by atoms with Crippen molar-refractivity contribution in [3.05, 3.63) is 0 Å². The fourth-order valence-electron chi connectivity index (χ4n) is 3.45. The standard InChI is InChI=1S/C15H29N/c1-12-7-9-16(10-8-12)14-6-5-13(2)15(3,4)11-14/h12-14H,5-11H2,1-4H3/t13-,14-/m1/s1. The van der Waals surface area contributed by atoms with E-state index in [1.54, 1.807) is 0 Å². The Bertz CT molecular complexity index is 226. The average Bonchev–Trinajstić information content (AvgIpc) is 2.23. The molecule has 1 saturated heterocycles. The molecule has 1 aliphatic carbocycles. The van der Waals surface area contributed by atoms with Crippen LogP contribution in [0.25, 0.3) is 0 Å². The van der Waals surface area contributed by atoms with Crippen LogP contribution in [0.4, 0.5) is 0 Å². The minimum atomic E-state index is 0.561. The van der Waals surface area contributed by atoms with Crippen molar-refractivity contribution >= 4 is 0 Å². The Kier molecular flexibility index (Phi) is 3.63. The number of hydrogen-bond donors (Lipinski definition) is 0. The predicted molar refractivity (Wildman–Crippen MR) is 70.6 cm³/mol. The van der Waals surface area contributed by atoms with Gasteiger partial charge < -0.3 is 4.90 Å². The number of hydrogen-bond acceptors (Lipinski definition) is 1. The highest BCUT2D eigenvalue weighted by Gasteiger charge is 2.36. The van der Waals surface area contributed by atoms with Gasteiger partial charge in [-0.1, -0.05) is 27.7 Å². The van der Waals surface area contributed by atoms with Crippen LogP contribution in [0.2, 0.25) is 0 Å². The van der Waals surface area contributed by atoms with E-state index < -0.39 is 0 Å². The fraction of sp³-hybridized carbons (Fsp3) is 1.00. The zero-order chi connectivity index (χ0) is 11.8. The van der Waals surface area contributed by atoms with E-state index in [1.807, 2.05) is 0 Å². The van der Waals surface area contributed by atoms with E-state index in [0.29, 0.717) is 5.41 Å². The van der Waals surface area contributed by atoms with Crippen molar-refractivity contribution in [3.63, 3.8) is 0 Å². The summed E-state index contributed by atoms with van der Waals surface area (Å²) in [6.07, 6.45) is 7.14. The average molecular weight is 223 g/mol. The Morgan fingerprint density at radius 2 is 1.56 bits per heavy atom. The van der Waals surface area contributed by atoms with Crippen LogP contribution in [0, 0.1) is 17.3 Å². The molecule has 0 spiro atoms. The summed E-state index contributed by atoms with van der Waals surface area (Å²) in [7, 11) is 0. The molecule has 1 nitrogen and oxygen atoms in total. The Morgan fingerprint density at radius 1 is 0.938 bits per heavy atom. The van der Waals surface area contributed by atoms with Crippen molar-refractivity contribution in [2.45, 2.75) is 65.8 Å². The molecule has 1 heteroatoms. The van der Waals surface area contributed by atoms with Crippen LogP contribution in [0.15, 0.2) is 0 Å². The SMILES string of the molecule is CC1CCN([C@@H]2CC[C@@H](C)C(C)(C)C2)CC1. The molecule has 1 saturated carbocycles. The van der Waals surface area contributed by atoms with E-state index in [9.17, 15) is 0 Å². The molecule has 94 valence electrons. The summed E-state index contributed by atoms with van der Waals surface area (Å²) in [6, 6.07) is 0.888. The van der Waals surface area contributed by atoms with Crippen LogP contribution in [0.3, 0.4) is 0 Å². The molecule has 2 atom stereocenters. The molecule has 16 heavy (non-hydrogen) atoms. The van der Waals surface area contributed by atoms with E-state index in [2.05, 4.69) is 32.6 Å². The van der Waals surface area contributed by atoms with Gasteiger partial charge in [-0.25, -0.2) is 0 Å². The van der Waals surface area contributed by atoms with Gasteiger partial charge in [0.2, 0.25) is 0 Å². The third kappa shape index (κ3) is 2.61. The minimum absolute atomic E-state index is 0.561. The van der Waals surface area contributed by atoms with Crippen LogP contribution in [0.5, 0.6) is 0 Å². The van der Waals surface area contributed by atoms with Crippen molar-refractivity contribution in [2.24, 2.45) is 17.3 Å². The number of likely N-dealkylation sites (tertiary alicyclic amines) is 1. The van der Waals surface area contributed by atoms with Gasteiger partial charge >= 0.3 is 0 Å². The third-order valence-corrected chi connectivity index (χ3v) is 5.36. The van der Waals surface area contributed by atoms with E-state index >= 15 is 0 Å². The lowest BCUT2D eigenvalue weighted by molar-refractivity contribution is 0.0379. The van der Waals surface area contributed by atoms with Crippen molar-refractivity contribution < 1.29 is 0 Å². The molecule has 0 bridgehead atoms. The lowest BCUT2D eigenvalue weighted by Gasteiger charge is -2.46. The Labute approximate surface area is 102 Å². The first kappa shape index (κ1) is 12.4. The molecule has 2 aliphatic rings. The Morgan fingerprint density at radius 3 is 2.12 bits per heavy atom. The normalized spacial score (nSPS) is 37.5. The fourth-order valence-corrected chi connectivity index (χ4v) is 3.45. The van der Waals surface area contributed by atoms with Gasteiger partial charge in [0, 0.05) is 6.04 Å². The van der Waals surface area contributed by atoms with Gasteiger partial charge in [-0.05, 0) is 62.4 Å². The largest absolute Gasteiger partial charge is 0.300 e. The number of nitrogens with zero attached hydrogens (tertiary/aromatic N) is 1. The summed E-state index contributed by atoms with van der Waals surface area (Å²) in [5.74, 6) is 1.87. The Hall–Kier alpha value is -0.0400. The van der Waals surface area contributed by atoms with Gasteiger partial charge in [-0.2, -0.15) is 0 Å². The van der Waals surface area contributed by atoms with Gasteiger partial charge in [-0.3, -0.25) is 0 Å². The van der Waals surface area contributed by atoms with Crippen molar-refractivity contribution in [1.82, 2.24) is 4.90 Å². The molecule has 2 rings (SSSR count). The number of piperidine rings is 1. The maximum atomic E-state index is 2.79. The lowest BCUT2D eigenvalue weighted by atomic mass is 9.67. The zero-order valence-corrected chi connectivity index (χ0v) is 11.6. The first-order valence-corrected chi connectivity index (χ1v) is 7.23. The maximum Gasteiger partial charge on any atom is 0.0100 e. The summed E-state index contributed by atoms with van der Waals surface area (Å²) in [5.41, 5.74) is 0.561. The molecule has 0 radical (unpaired) electrons. The number of rotatable bonds is 1. The lowest BCUT2D eigenvalue weighted by Crippen LogP contribution is -2.46. The molecule has 0 unspecified atom stereocenters. The van der Waals surface area contributed by atoms with Crippen LogP contribution in [-0.2, 0) is 0 Å². The molecule has 0 aromatic rings. The van der Waals surface area contributed by atoms with Gasteiger partial charge in [0.15, 0.2) is 0 Å². The summed E-state index contributed by atoms with van der Waals surface area (Å²) < 4.78 is 0. The van der Waals surface area contributed by atoms with Gasteiger partial charge in [0.25, 0.3) is 0 Å². The highest BCUT2D eigenvalue weighted by molar-refractivity contribution is 4.90. The second kappa shape index (κ2) is 4.68.